The average Bonchev–Trinajstić information content (AvgIpc) is 3.11. The van der Waals surface area contributed by atoms with E-state index in [2.05, 4.69) is 33.0 Å². The molecule has 0 spiro atoms. The molecule has 3 rings (SSSR count). The molecule has 146 valence electrons. The molecule has 0 radical (unpaired) electrons. The quantitative estimate of drug-likeness (QED) is 0.469. The van der Waals surface area contributed by atoms with Gasteiger partial charge in [0.05, 0.1) is 37.2 Å². The van der Waals surface area contributed by atoms with Gasteiger partial charge in [-0.3, -0.25) is 9.48 Å². The van der Waals surface area contributed by atoms with Crippen molar-refractivity contribution in [1.82, 2.24) is 9.78 Å². The first-order valence-electron chi connectivity index (χ1n) is 9.07. The second-order valence-corrected chi connectivity index (χ2v) is 7.17. The van der Waals surface area contributed by atoms with Crippen LogP contribution in [-0.4, -0.2) is 28.9 Å². The molecule has 1 N–H and O–H groups in total. The Hall–Kier alpha value is -2.55. The number of nitrogens with one attached hydrogen (secondary N) is 1. The zero-order chi connectivity index (χ0) is 19.9. The van der Waals surface area contributed by atoms with E-state index >= 15 is 0 Å². The Bertz CT molecular complexity index is 956. The first-order chi connectivity index (χ1) is 13.6. The maximum atomic E-state index is 12.4. The molecule has 7 heteroatoms. The van der Waals surface area contributed by atoms with Gasteiger partial charge in [-0.1, -0.05) is 18.2 Å². The van der Waals surface area contributed by atoms with E-state index in [1.165, 1.54) is 0 Å². The van der Waals surface area contributed by atoms with Crippen molar-refractivity contribution >= 4 is 34.2 Å². The second kappa shape index (κ2) is 9.59. The molecule has 0 fully saturated rings. The molecule has 0 atom stereocenters. The van der Waals surface area contributed by atoms with Crippen LogP contribution in [0.1, 0.15) is 29.8 Å². The lowest BCUT2D eigenvalue weighted by Gasteiger charge is -2.12. The van der Waals surface area contributed by atoms with E-state index in [-0.39, 0.29) is 5.91 Å². The highest BCUT2D eigenvalue weighted by molar-refractivity contribution is 14.1. The monoisotopic (exact) mass is 491 g/mol. The summed E-state index contributed by atoms with van der Waals surface area (Å²) >= 11 is 2.15. The van der Waals surface area contributed by atoms with E-state index in [0.717, 1.165) is 20.6 Å². The Morgan fingerprint density at radius 3 is 2.61 bits per heavy atom. The van der Waals surface area contributed by atoms with E-state index in [0.29, 0.717) is 31.0 Å². The summed E-state index contributed by atoms with van der Waals surface area (Å²) < 4.78 is 14.0. The number of hydrogen-bond acceptors (Lipinski definition) is 4. The summed E-state index contributed by atoms with van der Waals surface area (Å²) in [6.45, 7) is 5.60. The van der Waals surface area contributed by atoms with Gasteiger partial charge in [0, 0.05) is 9.77 Å². The Morgan fingerprint density at radius 1 is 1.11 bits per heavy atom. The minimum absolute atomic E-state index is 0.149. The molecular formula is C21H22IN3O3. The molecule has 0 saturated heterocycles. The van der Waals surface area contributed by atoms with Crippen molar-refractivity contribution in [3.63, 3.8) is 0 Å². The fraction of sp³-hybridized carbons (Fsp3) is 0.238. The van der Waals surface area contributed by atoms with Gasteiger partial charge in [0.15, 0.2) is 11.5 Å². The predicted octanol–water partition coefficient (Wildman–Crippen LogP) is 4.59. The van der Waals surface area contributed by atoms with Crippen LogP contribution in [0, 0.1) is 3.57 Å². The third kappa shape index (κ3) is 5.03. The van der Waals surface area contributed by atoms with Crippen molar-refractivity contribution in [2.75, 3.05) is 18.5 Å². The van der Waals surface area contributed by atoms with Gasteiger partial charge >= 0.3 is 0 Å². The zero-order valence-electron chi connectivity index (χ0n) is 15.8. The van der Waals surface area contributed by atoms with Crippen molar-refractivity contribution in [2.45, 2.75) is 20.4 Å². The molecule has 0 aliphatic carbocycles. The number of ether oxygens (including phenoxy) is 2. The molecule has 1 heterocycles. The van der Waals surface area contributed by atoms with Crippen LogP contribution < -0.4 is 14.8 Å². The second-order valence-electron chi connectivity index (χ2n) is 6.01. The Morgan fingerprint density at radius 2 is 1.86 bits per heavy atom. The zero-order valence-corrected chi connectivity index (χ0v) is 18.0. The number of amides is 1. The largest absolute Gasteiger partial charge is 0.490 e. The van der Waals surface area contributed by atoms with Crippen LogP contribution in [0.2, 0.25) is 0 Å². The summed E-state index contributed by atoms with van der Waals surface area (Å²) in [4.78, 5) is 12.4. The Labute approximate surface area is 178 Å². The van der Waals surface area contributed by atoms with Gasteiger partial charge in [0.25, 0.3) is 5.91 Å². The third-order valence-corrected chi connectivity index (χ3v) is 4.90. The smallest absolute Gasteiger partial charge is 0.256 e. The van der Waals surface area contributed by atoms with Gasteiger partial charge in [0.1, 0.15) is 0 Å². The molecule has 3 aromatic rings. The first-order valence-corrected chi connectivity index (χ1v) is 10.2. The minimum atomic E-state index is -0.149. The van der Waals surface area contributed by atoms with Gasteiger partial charge in [-0.25, -0.2) is 0 Å². The highest BCUT2D eigenvalue weighted by Crippen LogP contribution is 2.29. The van der Waals surface area contributed by atoms with Gasteiger partial charge in [-0.05, 0) is 66.3 Å². The fourth-order valence-corrected chi connectivity index (χ4v) is 3.37. The topological polar surface area (TPSA) is 65.4 Å². The number of rotatable bonds is 8. The van der Waals surface area contributed by atoms with Crippen LogP contribution in [0.5, 0.6) is 11.5 Å². The molecule has 2 aromatic carbocycles. The van der Waals surface area contributed by atoms with E-state index in [4.69, 9.17) is 9.47 Å². The van der Waals surface area contributed by atoms with Gasteiger partial charge in [-0.15, -0.1) is 0 Å². The third-order valence-electron chi connectivity index (χ3n) is 3.96. The SMILES string of the molecule is CCOc1ccc(Cn2cc(NC(=O)c3ccccc3I)cn2)cc1OCC. The number of aromatic nitrogens is 2. The normalized spacial score (nSPS) is 10.5. The van der Waals surface area contributed by atoms with Gasteiger partial charge < -0.3 is 14.8 Å². The van der Waals surface area contributed by atoms with Crippen LogP contribution >= 0.6 is 22.6 Å². The fourth-order valence-electron chi connectivity index (χ4n) is 2.74. The van der Waals surface area contributed by atoms with E-state index < -0.39 is 0 Å². The molecule has 0 bridgehead atoms. The highest BCUT2D eigenvalue weighted by atomic mass is 127. The first kappa shape index (κ1) is 20.2. The van der Waals surface area contributed by atoms with Crippen LogP contribution in [0.15, 0.2) is 54.9 Å². The highest BCUT2D eigenvalue weighted by Gasteiger charge is 2.11. The van der Waals surface area contributed by atoms with Gasteiger partial charge in [0.2, 0.25) is 0 Å². The molecule has 1 aromatic heterocycles. The van der Waals surface area contributed by atoms with Crippen LogP contribution in [-0.2, 0) is 6.54 Å². The maximum absolute atomic E-state index is 12.4. The Balaban J connectivity index is 1.70. The molecule has 0 saturated carbocycles. The van der Waals surface area contributed by atoms with E-state index in [1.54, 1.807) is 16.9 Å². The molecule has 0 unspecified atom stereocenters. The number of hydrogen-bond donors (Lipinski definition) is 1. The summed E-state index contributed by atoms with van der Waals surface area (Å²) in [5, 5.41) is 7.23. The van der Waals surface area contributed by atoms with Gasteiger partial charge in [-0.2, -0.15) is 5.10 Å². The number of carbonyl (C=O) groups is 1. The Kier molecular flexibility index (Phi) is 6.91. The van der Waals surface area contributed by atoms with Crippen molar-refractivity contribution in [3.05, 3.63) is 69.6 Å². The standard InChI is InChI=1S/C21H22IN3O3/c1-3-27-19-10-9-15(11-20(19)28-4-2)13-25-14-16(12-23-25)24-21(26)17-7-5-6-8-18(17)22/h5-12,14H,3-4,13H2,1-2H3,(H,24,26). The predicted molar refractivity (Wildman–Crippen MR) is 117 cm³/mol. The minimum Gasteiger partial charge on any atom is -0.490 e. The number of carbonyl (C=O) groups excluding carboxylic acids is 1. The summed E-state index contributed by atoms with van der Waals surface area (Å²) in [5.41, 5.74) is 2.33. The lowest BCUT2D eigenvalue weighted by atomic mass is 10.2. The van der Waals surface area contributed by atoms with Crippen molar-refractivity contribution < 1.29 is 14.3 Å². The molecule has 0 aliphatic heterocycles. The van der Waals surface area contributed by atoms with Crippen molar-refractivity contribution in [3.8, 4) is 11.5 Å². The maximum Gasteiger partial charge on any atom is 0.256 e. The van der Waals surface area contributed by atoms with Crippen LogP contribution in [0.3, 0.4) is 0 Å². The number of nitrogens with zero attached hydrogens (tertiary/aromatic N) is 2. The summed E-state index contributed by atoms with van der Waals surface area (Å²) in [7, 11) is 0. The number of benzene rings is 2. The van der Waals surface area contributed by atoms with Crippen LogP contribution in [0.25, 0.3) is 0 Å². The summed E-state index contributed by atoms with van der Waals surface area (Å²) in [6, 6.07) is 13.3. The van der Waals surface area contributed by atoms with Crippen molar-refractivity contribution in [2.24, 2.45) is 0 Å². The molecule has 1 amide bonds. The average molecular weight is 491 g/mol. The number of halogens is 1. The molecule has 0 aliphatic rings. The molecular weight excluding hydrogens is 469 g/mol. The summed E-state index contributed by atoms with van der Waals surface area (Å²) in [5.74, 6) is 1.31. The van der Waals surface area contributed by atoms with Crippen molar-refractivity contribution in [1.29, 1.82) is 0 Å². The molecule has 6 nitrogen and oxygen atoms in total. The van der Waals surface area contributed by atoms with E-state index in [9.17, 15) is 4.79 Å². The van der Waals surface area contributed by atoms with E-state index in [1.807, 2.05) is 56.4 Å². The van der Waals surface area contributed by atoms with Crippen LogP contribution in [0.4, 0.5) is 5.69 Å². The lowest BCUT2D eigenvalue weighted by Crippen LogP contribution is -2.12. The number of anilines is 1. The lowest BCUT2D eigenvalue weighted by molar-refractivity contribution is 0.102. The molecule has 28 heavy (non-hydrogen) atoms. The summed E-state index contributed by atoms with van der Waals surface area (Å²) in [6.07, 6.45) is 3.45.